The first-order valence-corrected chi connectivity index (χ1v) is 24.7. The molecule has 0 spiro atoms. The van der Waals surface area contributed by atoms with E-state index >= 15 is 0 Å². The van der Waals surface area contributed by atoms with Crippen LogP contribution in [0.25, 0.3) is 33.4 Å². The molecule has 376 valence electrons. The van der Waals surface area contributed by atoms with Gasteiger partial charge in [-0.05, 0) is 121 Å². The van der Waals surface area contributed by atoms with Gasteiger partial charge in [-0.3, -0.25) is 4.79 Å². The van der Waals surface area contributed by atoms with Crippen molar-refractivity contribution in [3.05, 3.63) is 95.6 Å². The molecule has 4 N–H and O–H groups in total. The number of fused-ring (bicyclic) bond motifs is 2. The van der Waals surface area contributed by atoms with Crippen molar-refractivity contribution in [1.82, 2.24) is 39.7 Å². The minimum Gasteiger partial charge on any atom is -0.481 e. The summed E-state index contributed by atoms with van der Waals surface area (Å²) in [7, 11) is 3.75. The highest BCUT2D eigenvalue weighted by atomic mass is 16.6. The molecule has 6 heterocycles. The van der Waals surface area contributed by atoms with E-state index in [1.54, 1.807) is 28.8 Å². The zero-order valence-electron chi connectivity index (χ0n) is 41.5. The third-order valence-electron chi connectivity index (χ3n) is 13.7. The van der Waals surface area contributed by atoms with Crippen molar-refractivity contribution >= 4 is 57.4 Å². The number of benzene rings is 2. The number of hydrogen-bond acceptors (Lipinski definition) is 12. The lowest BCUT2D eigenvalue weighted by molar-refractivity contribution is -0.134. The number of carbonyl (C=O) groups is 4. The van der Waals surface area contributed by atoms with E-state index < -0.39 is 23.5 Å². The summed E-state index contributed by atoms with van der Waals surface area (Å²) in [6.45, 7) is 11.5. The summed E-state index contributed by atoms with van der Waals surface area (Å²) < 4.78 is 9.14. The molecule has 18 nitrogen and oxygen atoms in total. The van der Waals surface area contributed by atoms with Crippen LogP contribution in [0.1, 0.15) is 123 Å². The predicted molar refractivity (Wildman–Crippen MR) is 272 cm³/mol. The lowest BCUT2D eigenvalue weighted by atomic mass is 9.82. The second-order valence-electron chi connectivity index (χ2n) is 20.2. The Morgan fingerprint density at radius 2 is 1.11 bits per heavy atom. The van der Waals surface area contributed by atoms with Crippen molar-refractivity contribution in [2.45, 2.75) is 96.5 Å². The van der Waals surface area contributed by atoms with Crippen molar-refractivity contribution in [3.8, 4) is 11.4 Å². The molecular formula is C53H66N10O8. The van der Waals surface area contributed by atoms with E-state index in [2.05, 4.69) is 25.1 Å². The van der Waals surface area contributed by atoms with Crippen LogP contribution in [0.15, 0.2) is 72.8 Å². The van der Waals surface area contributed by atoms with Gasteiger partial charge in [0.2, 0.25) is 0 Å². The number of hydrogen-bond donors (Lipinski definition) is 4. The molecule has 2 saturated carbocycles. The van der Waals surface area contributed by atoms with Gasteiger partial charge in [0.1, 0.15) is 5.60 Å². The lowest BCUT2D eigenvalue weighted by Crippen LogP contribution is -2.37. The van der Waals surface area contributed by atoms with Crippen LogP contribution in [-0.4, -0.2) is 133 Å². The number of nitrogens with one attached hydrogen (secondary N) is 1. The van der Waals surface area contributed by atoms with Gasteiger partial charge < -0.3 is 40.1 Å². The van der Waals surface area contributed by atoms with Crippen molar-refractivity contribution in [3.63, 3.8) is 0 Å². The molecule has 4 aromatic heterocycles. The lowest BCUT2D eigenvalue weighted by Gasteiger charge is -2.27. The summed E-state index contributed by atoms with van der Waals surface area (Å²) in [4.78, 5) is 60.8. The molecule has 0 unspecified atom stereocenters. The molecular weight excluding hydrogens is 905 g/mol. The van der Waals surface area contributed by atoms with Crippen molar-refractivity contribution in [2.75, 3.05) is 63.2 Å². The molecule has 2 saturated heterocycles. The molecule has 2 aromatic carbocycles. The monoisotopic (exact) mass is 971 g/mol. The smallest absolute Gasteiger partial charge is 0.410 e. The fraction of sp³-hybridized carbons (Fsp3) is 0.472. The van der Waals surface area contributed by atoms with Crippen molar-refractivity contribution in [2.24, 2.45) is 11.8 Å². The van der Waals surface area contributed by atoms with Crippen LogP contribution in [0.3, 0.4) is 0 Å². The Morgan fingerprint density at radius 1 is 0.690 bits per heavy atom. The van der Waals surface area contributed by atoms with Gasteiger partial charge in [-0.15, -0.1) is 0 Å². The molecule has 10 rings (SSSR count). The molecule has 6 aromatic rings. The van der Waals surface area contributed by atoms with Crippen LogP contribution in [0, 0.1) is 11.8 Å². The van der Waals surface area contributed by atoms with Crippen LogP contribution < -0.4 is 15.1 Å². The summed E-state index contributed by atoms with van der Waals surface area (Å²) in [5.41, 5.74) is 6.44. The summed E-state index contributed by atoms with van der Waals surface area (Å²) in [5.74, 6) is -1.33. The second kappa shape index (κ2) is 21.5. The number of carbonyl (C=O) groups excluding carboxylic acids is 1. The zero-order chi connectivity index (χ0) is 50.6. The first-order valence-electron chi connectivity index (χ1n) is 24.7. The molecule has 4 fully saturated rings. The second-order valence-corrected chi connectivity index (χ2v) is 20.2. The Bertz CT molecular complexity index is 2870. The highest BCUT2D eigenvalue weighted by Crippen LogP contribution is 2.45. The van der Waals surface area contributed by atoms with Gasteiger partial charge in [-0.25, -0.2) is 33.7 Å². The molecule has 1 amide bonds. The molecule has 2 aliphatic carbocycles. The fourth-order valence-electron chi connectivity index (χ4n) is 9.91. The Morgan fingerprint density at radius 3 is 1.49 bits per heavy atom. The molecule has 18 heteroatoms. The minimum absolute atomic E-state index is 0.00839. The summed E-state index contributed by atoms with van der Waals surface area (Å²) in [6.07, 6.45) is 8.45. The van der Waals surface area contributed by atoms with E-state index in [-0.39, 0.29) is 23.4 Å². The average molecular weight is 971 g/mol. The number of aromatic carboxylic acids is 2. The van der Waals surface area contributed by atoms with E-state index in [9.17, 15) is 24.6 Å². The molecule has 71 heavy (non-hydrogen) atoms. The maximum absolute atomic E-state index is 12.5. The van der Waals surface area contributed by atoms with Gasteiger partial charge in [0.05, 0.1) is 44.9 Å². The molecule has 0 radical (unpaired) electrons. The Balaban J connectivity index is 0.000000180. The number of pyridine rings is 2. The number of rotatable bonds is 12. The van der Waals surface area contributed by atoms with Gasteiger partial charge in [0.25, 0.3) is 5.97 Å². The number of amides is 1. The molecule has 0 bridgehead atoms. The first-order chi connectivity index (χ1) is 34.0. The van der Waals surface area contributed by atoms with Gasteiger partial charge >= 0.3 is 18.0 Å². The standard InChI is InChI=1S/C28H35N5O4.C23H27N5O2.C2H4O2/c1-28(2,3)37-27(36)31(4)16-18-13-14-32(17-18)22-15-21(26(34)35)29-25-23(22)24(19-9-8-10-19)30-33(25)20-11-6-5-7-12-20;1-24-13-15-10-11-27(14-15)19-12-18(23(29)30)25-22-20(19)21(16-6-5-7-16)26-28(22)17-8-3-2-4-9-17;1-2(3)4/h5-7,11-12,15,18-19H,8-10,13-14,16-17H2,1-4H3,(H,34,35);2-4,8-9,12,15-16,24H,5-7,10-11,13-14H2,1H3,(H,29,30);1H3,(H,3,4)/t18-;15-;/m00./s1. The highest BCUT2D eigenvalue weighted by molar-refractivity contribution is 6.00. The van der Waals surface area contributed by atoms with Crippen LogP contribution >= 0.6 is 0 Å². The maximum Gasteiger partial charge on any atom is 0.410 e. The van der Waals surface area contributed by atoms with Crippen LogP contribution in [0.4, 0.5) is 16.2 Å². The van der Waals surface area contributed by atoms with E-state index in [1.165, 1.54) is 12.8 Å². The van der Waals surface area contributed by atoms with E-state index in [0.29, 0.717) is 42.1 Å². The Kier molecular flexibility index (Phi) is 15.2. The fourth-order valence-corrected chi connectivity index (χ4v) is 9.91. The molecule has 4 aliphatic rings. The topological polar surface area (TPSA) is 221 Å². The Labute approximate surface area is 413 Å². The van der Waals surface area contributed by atoms with Crippen molar-refractivity contribution < 1.29 is 39.2 Å². The largest absolute Gasteiger partial charge is 0.481 e. The van der Waals surface area contributed by atoms with Crippen molar-refractivity contribution in [1.29, 1.82) is 0 Å². The van der Waals surface area contributed by atoms with Gasteiger partial charge in [0, 0.05) is 58.5 Å². The Hall–Kier alpha value is -7.08. The number of para-hydroxylation sites is 2. The number of carboxylic acid groups (broad SMARTS) is 3. The highest BCUT2D eigenvalue weighted by Gasteiger charge is 2.35. The number of anilines is 2. The van der Waals surface area contributed by atoms with E-state index in [1.807, 2.05) is 93.2 Å². The number of ether oxygens (including phenoxy) is 1. The number of aromatic nitrogens is 6. The molecule has 2 atom stereocenters. The number of aliphatic carboxylic acids is 1. The third-order valence-corrected chi connectivity index (χ3v) is 13.7. The zero-order valence-corrected chi connectivity index (χ0v) is 41.5. The van der Waals surface area contributed by atoms with Gasteiger partial charge in [-0.2, -0.15) is 10.2 Å². The summed E-state index contributed by atoms with van der Waals surface area (Å²) >= 11 is 0. The number of carboxylic acids is 3. The molecule has 2 aliphatic heterocycles. The third kappa shape index (κ3) is 11.4. The van der Waals surface area contributed by atoms with E-state index in [4.69, 9.17) is 24.8 Å². The first kappa shape index (κ1) is 50.3. The van der Waals surface area contributed by atoms with Gasteiger partial charge in [0.15, 0.2) is 22.7 Å². The number of nitrogens with zero attached hydrogens (tertiary/aromatic N) is 9. The predicted octanol–water partition coefficient (Wildman–Crippen LogP) is 8.60. The maximum atomic E-state index is 12.5. The van der Waals surface area contributed by atoms with Gasteiger partial charge in [-0.1, -0.05) is 49.2 Å². The van der Waals surface area contributed by atoms with E-state index in [0.717, 1.165) is 117 Å². The van der Waals surface area contributed by atoms with Crippen LogP contribution in [0.2, 0.25) is 0 Å². The minimum atomic E-state index is -1.06. The SMILES string of the molecule is CC(=O)O.CN(C[C@@H]1CCN(c2cc(C(=O)O)nc3c2c(C2CCC2)nn3-c2ccccc2)C1)C(=O)OC(C)(C)C.CNC[C@@H]1CCN(c2cc(C(=O)O)nc3c2c(C2CCC2)nn3-c2ccccc2)C1. The quantitative estimate of drug-likeness (QED) is 0.0902. The average Bonchev–Trinajstić information content (AvgIpc) is 4.11. The summed E-state index contributed by atoms with van der Waals surface area (Å²) in [6, 6.07) is 23.1. The summed E-state index contributed by atoms with van der Waals surface area (Å²) in [5, 5.41) is 42.3. The normalized spacial score (nSPS) is 18.0. The van der Waals surface area contributed by atoms with Crippen LogP contribution in [-0.2, 0) is 9.53 Å². The van der Waals surface area contributed by atoms with Crippen LogP contribution in [0.5, 0.6) is 0 Å².